The van der Waals surface area contributed by atoms with E-state index in [-0.39, 0.29) is 17.7 Å². The van der Waals surface area contributed by atoms with E-state index in [2.05, 4.69) is 15.4 Å². The zero-order valence-corrected chi connectivity index (χ0v) is 16.1. The number of hydrogen-bond acceptors (Lipinski definition) is 5. The number of aromatic nitrogens is 3. The first-order valence-corrected chi connectivity index (χ1v) is 9.46. The summed E-state index contributed by atoms with van der Waals surface area (Å²) in [6.45, 7) is 0. The first kappa shape index (κ1) is 18.4. The minimum Gasteiger partial charge on any atom is -0.322 e. The molecule has 0 spiro atoms. The van der Waals surface area contributed by atoms with Gasteiger partial charge in [0.25, 0.3) is 17.7 Å². The van der Waals surface area contributed by atoms with E-state index in [1.54, 1.807) is 83.8 Å². The summed E-state index contributed by atoms with van der Waals surface area (Å²) in [6.07, 6.45) is 3.00. The van der Waals surface area contributed by atoms with Gasteiger partial charge >= 0.3 is 0 Å². The highest BCUT2D eigenvalue weighted by molar-refractivity contribution is 6.34. The molecule has 3 aromatic carbocycles. The van der Waals surface area contributed by atoms with E-state index >= 15 is 0 Å². The van der Waals surface area contributed by atoms with Crippen LogP contribution in [0.5, 0.6) is 0 Å². The third kappa shape index (κ3) is 3.25. The standard InChI is InChI=1S/C23H15N5O3/c29-21(15-8-10-17(11-9-15)27-14-24-13-25-27)26-16-4-3-5-18(12-16)28-22(30)19-6-1-2-7-20(19)23(28)31/h1-14H,(H,26,29). The number of hydrogen-bond donors (Lipinski definition) is 1. The van der Waals surface area contributed by atoms with Crippen molar-refractivity contribution in [3.05, 3.63) is 102 Å². The minimum atomic E-state index is -0.382. The molecule has 8 nitrogen and oxygen atoms in total. The van der Waals surface area contributed by atoms with Crippen LogP contribution < -0.4 is 10.2 Å². The molecule has 1 N–H and O–H groups in total. The van der Waals surface area contributed by atoms with Crippen molar-refractivity contribution in [3.8, 4) is 5.69 Å². The lowest BCUT2D eigenvalue weighted by Crippen LogP contribution is -2.29. The van der Waals surface area contributed by atoms with Gasteiger partial charge in [-0.05, 0) is 54.6 Å². The van der Waals surface area contributed by atoms with E-state index in [1.165, 1.54) is 6.33 Å². The molecule has 0 radical (unpaired) electrons. The van der Waals surface area contributed by atoms with Crippen LogP contribution in [-0.2, 0) is 0 Å². The maximum Gasteiger partial charge on any atom is 0.266 e. The summed E-state index contributed by atoms with van der Waals surface area (Å²) in [6, 6.07) is 20.2. The molecule has 4 aromatic rings. The maximum atomic E-state index is 12.7. The number of carbonyl (C=O) groups excluding carboxylic acids is 3. The number of fused-ring (bicyclic) bond motifs is 1. The van der Waals surface area contributed by atoms with Crippen LogP contribution in [-0.4, -0.2) is 32.5 Å². The largest absolute Gasteiger partial charge is 0.322 e. The van der Waals surface area contributed by atoms with Crippen LogP contribution in [0.15, 0.2) is 85.5 Å². The minimum absolute atomic E-state index is 0.315. The fraction of sp³-hybridized carbons (Fsp3) is 0. The highest BCUT2D eigenvalue weighted by Crippen LogP contribution is 2.29. The Morgan fingerprint density at radius 3 is 2.16 bits per heavy atom. The number of benzene rings is 3. The molecule has 0 bridgehead atoms. The molecule has 0 aliphatic carbocycles. The first-order chi connectivity index (χ1) is 15.1. The van der Waals surface area contributed by atoms with Crippen LogP contribution in [0.3, 0.4) is 0 Å². The smallest absolute Gasteiger partial charge is 0.266 e. The third-order valence-electron chi connectivity index (χ3n) is 4.97. The van der Waals surface area contributed by atoms with Crippen LogP contribution in [0.4, 0.5) is 11.4 Å². The van der Waals surface area contributed by atoms with Gasteiger partial charge in [0.05, 0.1) is 22.5 Å². The molecule has 0 unspecified atom stereocenters. The third-order valence-corrected chi connectivity index (χ3v) is 4.97. The van der Waals surface area contributed by atoms with Gasteiger partial charge in [0.15, 0.2) is 0 Å². The van der Waals surface area contributed by atoms with E-state index in [4.69, 9.17) is 0 Å². The van der Waals surface area contributed by atoms with E-state index in [9.17, 15) is 14.4 Å². The Hall–Kier alpha value is -4.59. The fourth-order valence-electron chi connectivity index (χ4n) is 3.46. The monoisotopic (exact) mass is 409 g/mol. The molecule has 150 valence electrons. The predicted octanol–water partition coefficient (Wildman–Crippen LogP) is 3.32. The lowest BCUT2D eigenvalue weighted by atomic mass is 10.1. The molecule has 0 atom stereocenters. The Bertz CT molecular complexity index is 1280. The van der Waals surface area contributed by atoms with Gasteiger partial charge in [-0.1, -0.05) is 18.2 Å². The quantitative estimate of drug-likeness (QED) is 0.522. The Morgan fingerprint density at radius 1 is 0.806 bits per heavy atom. The normalized spacial score (nSPS) is 12.7. The summed E-state index contributed by atoms with van der Waals surface area (Å²) in [5, 5.41) is 6.85. The highest BCUT2D eigenvalue weighted by Gasteiger charge is 2.36. The number of amides is 3. The summed E-state index contributed by atoms with van der Waals surface area (Å²) < 4.78 is 1.59. The van der Waals surface area contributed by atoms with Crippen LogP contribution in [0.1, 0.15) is 31.1 Å². The van der Waals surface area contributed by atoms with Gasteiger partial charge < -0.3 is 5.32 Å². The maximum absolute atomic E-state index is 12.7. The van der Waals surface area contributed by atoms with Gasteiger partial charge in [-0.3, -0.25) is 14.4 Å². The molecular weight excluding hydrogens is 394 g/mol. The molecule has 31 heavy (non-hydrogen) atoms. The second-order valence-corrected chi connectivity index (χ2v) is 6.88. The molecule has 1 aliphatic rings. The van der Waals surface area contributed by atoms with Gasteiger partial charge in [0, 0.05) is 11.3 Å². The molecule has 1 aliphatic heterocycles. The molecule has 2 heterocycles. The van der Waals surface area contributed by atoms with Crippen LogP contribution in [0.25, 0.3) is 5.69 Å². The average molecular weight is 409 g/mol. The van der Waals surface area contributed by atoms with E-state index in [0.29, 0.717) is 28.1 Å². The molecule has 1 aromatic heterocycles. The lowest BCUT2D eigenvalue weighted by molar-refractivity contribution is 0.0925. The zero-order valence-electron chi connectivity index (χ0n) is 16.1. The first-order valence-electron chi connectivity index (χ1n) is 9.46. The number of anilines is 2. The number of imide groups is 1. The number of carbonyl (C=O) groups is 3. The van der Waals surface area contributed by atoms with Crippen LogP contribution in [0, 0.1) is 0 Å². The second kappa shape index (κ2) is 7.34. The summed E-state index contributed by atoms with van der Waals surface area (Å²) in [7, 11) is 0. The molecule has 0 saturated carbocycles. The molecule has 5 rings (SSSR count). The zero-order chi connectivity index (χ0) is 21.4. The topological polar surface area (TPSA) is 97.2 Å². The van der Waals surface area contributed by atoms with Crippen molar-refractivity contribution in [2.75, 3.05) is 10.2 Å². The molecule has 8 heteroatoms. The van der Waals surface area contributed by atoms with Gasteiger partial charge in [0.2, 0.25) is 0 Å². The van der Waals surface area contributed by atoms with E-state index < -0.39 is 0 Å². The van der Waals surface area contributed by atoms with Crippen molar-refractivity contribution < 1.29 is 14.4 Å². The van der Waals surface area contributed by atoms with Gasteiger partial charge in [-0.25, -0.2) is 14.6 Å². The average Bonchev–Trinajstić information content (AvgIpc) is 3.42. The number of rotatable bonds is 4. The summed E-state index contributed by atoms with van der Waals surface area (Å²) in [5.41, 5.74) is 2.84. The van der Waals surface area contributed by atoms with Crippen molar-refractivity contribution >= 4 is 29.1 Å². The summed E-state index contributed by atoms with van der Waals surface area (Å²) in [5.74, 6) is -1.08. The molecule has 0 saturated heterocycles. The number of nitrogens with one attached hydrogen (secondary N) is 1. The molecule has 0 fully saturated rings. The second-order valence-electron chi connectivity index (χ2n) is 6.88. The van der Waals surface area contributed by atoms with Gasteiger partial charge in [-0.2, -0.15) is 5.10 Å². The fourth-order valence-corrected chi connectivity index (χ4v) is 3.46. The number of nitrogens with zero attached hydrogens (tertiary/aromatic N) is 4. The summed E-state index contributed by atoms with van der Waals surface area (Å²) >= 11 is 0. The van der Waals surface area contributed by atoms with Crippen molar-refractivity contribution in [3.63, 3.8) is 0 Å². The predicted molar refractivity (Wildman–Crippen MR) is 113 cm³/mol. The van der Waals surface area contributed by atoms with E-state index in [0.717, 1.165) is 10.6 Å². The van der Waals surface area contributed by atoms with Crippen molar-refractivity contribution in [2.45, 2.75) is 0 Å². The van der Waals surface area contributed by atoms with Crippen LogP contribution >= 0.6 is 0 Å². The Morgan fingerprint density at radius 2 is 1.52 bits per heavy atom. The Kier molecular flexibility index (Phi) is 4.37. The van der Waals surface area contributed by atoms with Gasteiger partial charge in [-0.15, -0.1) is 0 Å². The Labute approximate surface area is 176 Å². The molecular formula is C23H15N5O3. The Balaban J connectivity index is 1.36. The van der Waals surface area contributed by atoms with Crippen molar-refractivity contribution in [2.24, 2.45) is 0 Å². The van der Waals surface area contributed by atoms with Gasteiger partial charge in [0.1, 0.15) is 12.7 Å². The van der Waals surface area contributed by atoms with E-state index in [1.807, 2.05) is 0 Å². The van der Waals surface area contributed by atoms with Crippen LogP contribution in [0.2, 0.25) is 0 Å². The van der Waals surface area contributed by atoms with Crippen molar-refractivity contribution in [1.82, 2.24) is 14.8 Å². The summed E-state index contributed by atoms with van der Waals surface area (Å²) in [4.78, 5) is 43.1. The highest BCUT2D eigenvalue weighted by atomic mass is 16.2. The molecule has 3 amide bonds. The lowest BCUT2D eigenvalue weighted by Gasteiger charge is -2.15. The SMILES string of the molecule is O=C(Nc1cccc(N2C(=O)c3ccccc3C2=O)c1)c1ccc(-n2cncn2)cc1. The van der Waals surface area contributed by atoms with Crippen molar-refractivity contribution in [1.29, 1.82) is 0 Å².